The molecule has 0 spiro atoms. The van der Waals surface area contributed by atoms with Crippen molar-refractivity contribution in [2.75, 3.05) is 37.4 Å². The fourth-order valence-corrected chi connectivity index (χ4v) is 2.82. The number of rotatable bonds is 4. The molecule has 19 heavy (non-hydrogen) atoms. The summed E-state index contributed by atoms with van der Waals surface area (Å²) in [4.78, 5) is 31.8. The second-order valence-corrected chi connectivity index (χ2v) is 5.57. The van der Waals surface area contributed by atoms with Crippen LogP contribution in [0.1, 0.15) is 29.4 Å². The second kappa shape index (κ2) is 5.56. The third kappa shape index (κ3) is 2.70. The highest BCUT2D eigenvalue weighted by atomic mass is 32.1. The van der Waals surface area contributed by atoms with Crippen molar-refractivity contribution in [3.8, 4) is 0 Å². The molecular formula is C12H18N4O2S. The van der Waals surface area contributed by atoms with E-state index in [9.17, 15) is 9.59 Å². The summed E-state index contributed by atoms with van der Waals surface area (Å²) in [6.07, 6.45) is 2.14. The monoisotopic (exact) mass is 282 g/mol. The molecule has 0 aromatic carbocycles. The lowest BCUT2D eigenvalue weighted by Crippen LogP contribution is -2.35. The fraction of sp³-hybridized carbons (Fsp3) is 0.583. The Kier molecular flexibility index (Phi) is 4.04. The zero-order chi connectivity index (χ0) is 14.0. The lowest BCUT2D eigenvalue weighted by molar-refractivity contribution is -0.118. The number of likely N-dealkylation sites (N-methyl/N-ethyl adjacent to an activating group) is 2. The third-order valence-corrected chi connectivity index (χ3v) is 4.01. The van der Waals surface area contributed by atoms with Gasteiger partial charge in [-0.15, -0.1) is 0 Å². The number of nitrogens with one attached hydrogen (secondary N) is 1. The second-order valence-electron chi connectivity index (χ2n) is 4.57. The van der Waals surface area contributed by atoms with Gasteiger partial charge in [-0.1, -0.05) is 24.7 Å². The van der Waals surface area contributed by atoms with Gasteiger partial charge in [0.25, 0.3) is 5.91 Å². The fourth-order valence-electron chi connectivity index (χ4n) is 1.80. The molecule has 1 aromatic rings. The van der Waals surface area contributed by atoms with Crippen molar-refractivity contribution in [1.82, 2.24) is 9.88 Å². The SMILES string of the molecule is CCCCNc1nc2c(s1)C(=O)N(C)CC(=O)N2C. The molecule has 0 fully saturated rings. The first-order valence-electron chi connectivity index (χ1n) is 6.31. The maximum absolute atomic E-state index is 12.2. The van der Waals surface area contributed by atoms with Gasteiger partial charge in [0, 0.05) is 20.6 Å². The van der Waals surface area contributed by atoms with Gasteiger partial charge >= 0.3 is 0 Å². The number of hydrogen-bond donors (Lipinski definition) is 1. The maximum atomic E-state index is 12.2. The van der Waals surface area contributed by atoms with Crippen LogP contribution < -0.4 is 10.2 Å². The Morgan fingerprint density at radius 2 is 2.11 bits per heavy atom. The number of hydrogen-bond acceptors (Lipinski definition) is 5. The molecular weight excluding hydrogens is 264 g/mol. The van der Waals surface area contributed by atoms with Crippen LogP contribution in [-0.4, -0.2) is 48.9 Å². The zero-order valence-electron chi connectivity index (χ0n) is 11.4. The van der Waals surface area contributed by atoms with Crippen molar-refractivity contribution in [3.63, 3.8) is 0 Å². The highest BCUT2D eigenvalue weighted by molar-refractivity contribution is 7.18. The van der Waals surface area contributed by atoms with Gasteiger partial charge in [-0.3, -0.25) is 14.5 Å². The van der Waals surface area contributed by atoms with Crippen molar-refractivity contribution >= 4 is 34.1 Å². The Labute approximate surface area is 116 Å². The minimum atomic E-state index is -0.145. The van der Waals surface area contributed by atoms with E-state index in [1.54, 1.807) is 14.1 Å². The topological polar surface area (TPSA) is 65.5 Å². The molecule has 1 aliphatic heterocycles. The molecule has 104 valence electrons. The molecule has 2 rings (SSSR count). The average molecular weight is 282 g/mol. The lowest BCUT2D eigenvalue weighted by Gasteiger charge is -2.14. The number of aromatic nitrogens is 1. The van der Waals surface area contributed by atoms with Crippen LogP contribution in [0.2, 0.25) is 0 Å². The van der Waals surface area contributed by atoms with E-state index in [1.807, 2.05) is 0 Å². The van der Waals surface area contributed by atoms with E-state index in [-0.39, 0.29) is 18.4 Å². The van der Waals surface area contributed by atoms with Crippen LogP contribution in [0.3, 0.4) is 0 Å². The number of thiazole rings is 1. The van der Waals surface area contributed by atoms with Crippen molar-refractivity contribution < 1.29 is 9.59 Å². The van der Waals surface area contributed by atoms with Crippen LogP contribution in [0.15, 0.2) is 0 Å². The molecule has 0 atom stereocenters. The van der Waals surface area contributed by atoms with Gasteiger partial charge in [-0.05, 0) is 6.42 Å². The normalized spacial score (nSPS) is 15.5. The van der Waals surface area contributed by atoms with E-state index >= 15 is 0 Å². The van der Waals surface area contributed by atoms with Gasteiger partial charge < -0.3 is 10.2 Å². The largest absolute Gasteiger partial charge is 0.361 e. The van der Waals surface area contributed by atoms with Crippen LogP contribution in [0.25, 0.3) is 0 Å². The van der Waals surface area contributed by atoms with Crippen molar-refractivity contribution in [2.24, 2.45) is 0 Å². The first-order chi connectivity index (χ1) is 9.04. The number of amides is 2. The van der Waals surface area contributed by atoms with Gasteiger partial charge in [0.15, 0.2) is 10.9 Å². The zero-order valence-corrected chi connectivity index (χ0v) is 12.2. The number of unbranched alkanes of at least 4 members (excludes halogenated alkanes) is 1. The minimum absolute atomic E-state index is 0.0943. The quantitative estimate of drug-likeness (QED) is 0.848. The first kappa shape index (κ1) is 13.8. The van der Waals surface area contributed by atoms with Crippen molar-refractivity contribution in [1.29, 1.82) is 0 Å². The van der Waals surface area contributed by atoms with Gasteiger partial charge in [0.2, 0.25) is 5.91 Å². The van der Waals surface area contributed by atoms with Crippen LogP contribution in [0.4, 0.5) is 10.9 Å². The van der Waals surface area contributed by atoms with Gasteiger partial charge in [0.1, 0.15) is 11.4 Å². The summed E-state index contributed by atoms with van der Waals surface area (Å²) in [5.74, 6) is 0.192. The van der Waals surface area contributed by atoms with E-state index < -0.39 is 0 Å². The maximum Gasteiger partial charge on any atom is 0.268 e. The Morgan fingerprint density at radius 1 is 1.37 bits per heavy atom. The Hall–Kier alpha value is -1.63. The number of nitrogens with zero attached hydrogens (tertiary/aromatic N) is 3. The van der Waals surface area contributed by atoms with Crippen molar-refractivity contribution in [3.05, 3.63) is 4.88 Å². The van der Waals surface area contributed by atoms with Gasteiger partial charge in [0.05, 0.1) is 0 Å². The number of anilines is 2. The number of carbonyl (C=O) groups excluding carboxylic acids is 2. The molecule has 6 nitrogen and oxygen atoms in total. The predicted molar refractivity (Wildman–Crippen MR) is 75.9 cm³/mol. The number of fused-ring (bicyclic) bond motifs is 1. The summed E-state index contributed by atoms with van der Waals surface area (Å²) in [6.45, 7) is 3.03. The highest BCUT2D eigenvalue weighted by Gasteiger charge is 2.31. The summed E-state index contributed by atoms with van der Waals surface area (Å²) < 4.78 is 0. The third-order valence-electron chi connectivity index (χ3n) is 3.02. The summed E-state index contributed by atoms with van der Waals surface area (Å²) in [5, 5.41) is 3.89. The summed E-state index contributed by atoms with van der Waals surface area (Å²) in [6, 6.07) is 0. The van der Waals surface area contributed by atoms with Gasteiger partial charge in [-0.25, -0.2) is 4.98 Å². The van der Waals surface area contributed by atoms with Gasteiger partial charge in [-0.2, -0.15) is 0 Å². The van der Waals surface area contributed by atoms with Crippen LogP contribution in [-0.2, 0) is 4.79 Å². The molecule has 2 amide bonds. The predicted octanol–water partition coefficient (Wildman–Crippen LogP) is 1.40. The molecule has 0 radical (unpaired) electrons. The van der Waals surface area contributed by atoms with Crippen LogP contribution in [0.5, 0.6) is 0 Å². The smallest absolute Gasteiger partial charge is 0.268 e. The molecule has 1 aliphatic rings. The lowest BCUT2D eigenvalue weighted by atomic mass is 10.3. The average Bonchev–Trinajstić information content (AvgIpc) is 2.78. The summed E-state index contributed by atoms with van der Waals surface area (Å²) in [7, 11) is 3.29. The molecule has 1 N–H and O–H groups in total. The molecule has 7 heteroatoms. The highest BCUT2D eigenvalue weighted by Crippen LogP contribution is 2.32. The molecule has 1 aromatic heterocycles. The van der Waals surface area contributed by atoms with E-state index in [4.69, 9.17) is 0 Å². The molecule has 0 saturated heterocycles. The number of carbonyl (C=O) groups is 2. The van der Waals surface area contributed by atoms with Crippen LogP contribution in [0, 0.1) is 0 Å². The Morgan fingerprint density at radius 3 is 2.79 bits per heavy atom. The molecule has 2 heterocycles. The van der Waals surface area contributed by atoms with E-state index in [2.05, 4.69) is 17.2 Å². The van der Waals surface area contributed by atoms with E-state index in [1.165, 1.54) is 21.1 Å². The Bertz CT molecular complexity index is 500. The summed E-state index contributed by atoms with van der Waals surface area (Å²) in [5.41, 5.74) is 0. The standard InChI is InChI=1S/C12H18N4O2S/c1-4-5-6-13-12-14-10-9(19-12)11(18)15(2)7-8(17)16(10)3/h4-7H2,1-3H3,(H,13,14). The van der Waals surface area contributed by atoms with E-state index in [0.717, 1.165) is 19.4 Å². The first-order valence-corrected chi connectivity index (χ1v) is 7.13. The Balaban J connectivity index is 2.27. The molecule has 0 bridgehead atoms. The van der Waals surface area contributed by atoms with E-state index in [0.29, 0.717) is 15.8 Å². The molecule has 0 saturated carbocycles. The summed E-state index contributed by atoms with van der Waals surface area (Å²) >= 11 is 1.31. The molecule has 0 aliphatic carbocycles. The van der Waals surface area contributed by atoms with Crippen molar-refractivity contribution in [2.45, 2.75) is 19.8 Å². The van der Waals surface area contributed by atoms with Crippen LogP contribution >= 0.6 is 11.3 Å². The molecule has 0 unspecified atom stereocenters. The minimum Gasteiger partial charge on any atom is -0.361 e.